The number of anilines is 1. The maximum absolute atomic E-state index is 12.7. The van der Waals surface area contributed by atoms with Crippen molar-refractivity contribution in [2.24, 2.45) is 0 Å². The number of carbonyl (C=O) groups is 3. The van der Waals surface area contributed by atoms with Gasteiger partial charge in [-0.25, -0.2) is 4.79 Å². The molecule has 0 aliphatic carbocycles. The van der Waals surface area contributed by atoms with E-state index in [-0.39, 0.29) is 23.6 Å². The number of benzene rings is 2. The number of nitrogens with one attached hydrogen (secondary N) is 1. The van der Waals surface area contributed by atoms with Crippen LogP contribution < -0.4 is 5.32 Å². The van der Waals surface area contributed by atoms with Crippen LogP contribution in [0.1, 0.15) is 33.2 Å². The number of nitro benzene ring substituents is 1. The molecule has 0 aromatic heterocycles. The standard InChI is InChI=1S/C19H19N3O6/c1-12(23)21(2)11-13-6-4-5-7-17(13)20-18(24)14-8-15(19(25)28-3)10-16(9-14)22(26)27/h4-10H,11H2,1-3H3,(H,20,24). The van der Waals surface area contributed by atoms with Gasteiger partial charge in [0.1, 0.15) is 0 Å². The fraction of sp³-hybridized carbons (Fsp3) is 0.211. The highest BCUT2D eigenvalue weighted by atomic mass is 16.6. The quantitative estimate of drug-likeness (QED) is 0.464. The summed E-state index contributed by atoms with van der Waals surface area (Å²) < 4.78 is 4.58. The number of hydrogen-bond acceptors (Lipinski definition) is 6. The van der Waals surface area contributed by atoms with Crippen molar-refractivity contribution in [3.05, 3.63) is 69.3 Å². The summed E-state index contributed by atoms with van der Waals surface area (Å²) in [6.07, 6.45) is 0. The lowest BCUT2D eigenvalue weighted by atomic mass is 10.1. The van der Waals surface area contributed by atoms with Crippen molar-refractivity contribution in [2.75, 3.05) is 19.5 Å². The Kier molecular flexibility index (Phi) is 6.43. The summed E-state index contributed by atoms with van der Waals surface area (Å²) in [5, 5.41) is 13.8. The van der Waals surface area contributed by atoms with Crippen molar-refractivity contribution in [3.8, 4) is 0 Å². The van der Waals surface area contributed by atoms with Crippen molar-refractivity contribution >= 4 is 29.2 Å². The summed E-state index contributed by atoms with van der Waals surface area (Å²) in [7, 11) is 2.77. The van der Waals surface area contributed by atoms with E-state index >= 15 is 0 Å². The second kappa shape index (κ2) is 8.76. The summed E-state index contributed by atoms with van der Waals surface area (Å²) in [6, 6.07) is 10.2. The van der Waals surface area contributed by atoms with E-state index in [1.165, 1.54) is 17.9 Å². The van der Waals surface area contributed by atoms with Gasteiger partial charge in [-0.2, -0.15) is 0 Å². The molecule has 146 valence electrons. The van der Waals surface area contributed by atoms with Crippen molar-refractivity contribution in [3.63, 3.8) is 0 Å². The van der Waals surface area contributed by atoms with Gasteiger partial charge in [-0.3, -0.25) is 19.7 Å². The second-order valence-corrected chi connectivity index (χ2v) is 6.00. The average Bonchev–Trinajstić information content (AvgIpc) is 2.68. The summed E-state index contributed by atoms with van der Waals surface area (Å²) >= 11 is 0. The molecule has 0 heterocycles. The van der Waals surface area contributed by atoms with Gasteiger partial charge in [-0.1, -0.05) is 18.2 Å². The smallest absolute Gasteiger partial charge is 0.338 e. The van der Waals surface area contributed by atoms with E-state index in [4.69, 9.17) is 0 Å². The van der Waals surface area contributed by atoms with Gasteiger partial charge in [0.05, 0.1) is 17.6 Å². The molecule has 0 radical (unpaired) electrons. The van der Waals surface area contributed by atoms with Crippen LogP contribution in [0.5, 0.6) is 0 Å². The summed E-state index contributed by atoms with van der Waals surface area (Å²) in [5.41, 5.74) is 0.562. The van der Waals surface area contributed by atoms with Crippen LogP contribution in [0.15, 0.2) is 42.5 Å². The predicted molar refractivity (Wildman–Crippen MR) is 101 cm³/mol. The number of methoxy groups -OCH3 is 1. The summed E-state index contributed by atoms with van der Waals surface area (Å²) in [5.74, 6) is -1.56. The summed E-state index contributed by atoms with van der Waals surface area (Å²) in [4.78, 5) is 47.8. The lowest BCUT2D eigenvalue weighted by Gasteiger charge is -2.18. The first-order valence-electron chi connectivity index (χ1n) is 8.21. The van der Waals surface area contributed by atoms with Crippen LogP contribution in [-0.2, 0) is 16.1 Å². The van der Waals surface area contributed by atoms with Crippen molar-refractivity contribution in [1.29, 1.82) is 0 Å². The Morgan fingerprint density at radius 2 is 1.79 bits per heavy atom. The molecule has 0 saturated carbocycles. The Labute approximate surface area is 161 Å². The van der Waals surface area contributed by atoms with Gasteiger partial charge in [0.2, 0.25) is 5.91 Å². The van der Waals surface area contributed by atoms with Crippen LogP contribution in [0.4, 0.5) is 11.4 Å². The van der Waals surface area contributed by atoms with Gasteiger partial charge in [0.15, 0.2) is 0 Å². The number of nitro groups is 1. The Hall–Kier alpha value is -3.75. The van der Waals surface area contributed by atoms with Crippen molar-refractivity contribution < 1.29 is 24.0 Å². The highest BCUT2D eigenvalue weighted by Gasteiger charge is 2.19. The van der Waals surface area contributed by atoms with Gasteiger partial charge in [0, 0.05) is 43.9 Å². The zero-order chi connectivity index (χ0) is 20.8. The molecule has 9 heteroatoms. The zero-order valence-corrected chi connectivity index (χ0v) is 15.6. The normalized spacial score (nSPS) is 10.1. The lowest BCUT2D eigenvalue weighted by molar-refractivity contribution is -0.384. The molecule has 2 amide bonds. The molecule has 9 nitrogen and oxygen atoms in total. The molecule has 0 fully saturated rings. The number of para-hydroxylation sites is 1. The molecule has 2 rings (SSSR count). The minimum absolute atomic E-state index is 0.0654. The molecular formula is C19H19N3O6. The maximum Gasteiger partial charge on any atom is 0.338 e. The predicted octanol–water partition coefficient (Wildman–Crippen LogP) is 2.61. The molecule has 0 aliphatic heterocycles. The van der Waals surface area contributed by atoms with Crippen LogP contribution in [0, 0.1) is 10.1 Å². The SMILES string of the molecule is COC(=O)c1cc(C(=O)Nc2ccccc2CN(C)C(C)=O)cc([N+](=O)[O-])c1. The number of carbonyl (C=O) groups excluding carboxylic acids is 3. The third-order valence-corrected chi connectivity index (χ3v) is 4.02. The van der Waals surface area contributed by atoms with Crippen molar-refractivity contribution in [2.45, 2.75) is 13.5 Å². The zero-order valence-electron chi connectivity index (χ0n) is 15.6. The first-order valence-corrected chi connectivity index (χ1v) is 8.21. The van der Waals surface area contributed by atoms with E-state index in [0.717, 1.165) is 19.2 Å². The lowest BCUT2D eigenvalue weighted by Crippen LogP contribution is -2.24. The molecule has 2 aromatic rings. The third kappa shape index (κ3) is 4.91. The first kappa shape index (κ1) is 20.6. The van der Waals surface area contributed by atoms with E-state index in [9.17, 15) is 24.5 Å². The van der Waals surface area contributed by atoms with E-state index < -0.39 is 22.5 Å². The fourth-order valence-electron chi connectivity index (χ4n) is 2.42. The molecule has 0 unspecified atom stereocenters. The minimum atomic E-state index is -0.791. The van der Waals surface area contributed by atoms with Crippen LogP contribution in [0.2, 0.25) is 0 Å². The van der Waals surface area contributed by atoms with Crippen LogP contribution in [0.3, 0.4) is 0 Å². The first-order chi connectivity index (χ1) is 13.2. The fourth-order valence-corrected chi connectivity index (χ4v) is 2.42. The van der Waals surface area contributed by atoms with Gasteiger partial charge >= 0.3 is 5.97 Å². The van der Waals surface area contributed by atoms with Gasteiger partial charge in [0.25, 0.3) is 11.6 Å². The molecule has 0 saturated heterocycles. The number of non-ortho nitro benzene ring substituents is 1. The number of amides is 2. The molecule has 0 atom stereocenters. The average molecular weight is 385 g/mol. The monoisotopic (exact) mass is 385 g/mol. The van der Waals surface area contributed by atoms with Gasteiger partial charge < -0.3 is 15.0 Å². The Bertz CT molecular complexity index is 941. The number of nitrogens with zero attached hydrogens (tertiary/aromatic N) is 2. The molecule has 0 aliphatic rings. The van der Waals surface area contributed by atoms with Crippen LogP contribution in [0.25, 0.3) is 0 Å². The van der Waals surface area contributed by atoms with E-state index in [2.05, 4.69) is 10.1 Å². The van der Waals surface area contributed by atoms with Crippen LogP contribution >= 0.6 is 0 Å². The topological polar surface area (TPSA) is 119 Å². The van der Waals surface area contributed by atoms with E-state index in [1.54, 1.807) is 31.3 Å². The highest BCUT2D eigenvalue weighted by molar-refractivity contribution is 6.06. The molecule has 2 aromatic carbocycles. The molecule has 28 heavy (non-hydrogen) atoms. The largest absolute Gasteiger partial charge is 0.465 e. The molecule has 0 spiro atoms. The number of rotatable bonds is 6. The van der Waals surface area contributed by atoms with Gasteiger partial charge in [-0.15, -0.1) is 0 Å². The number of ether oxygens (including phenoxy) is 1. The molecule has 1 N–H and O–H groups in total. The Morgan fingerprint density at radius 3 is 2.39 bits per heavy atom. The maximum atomic E-state index is 12.7. The highest BCUT2D eigenvalue weighted by Crippen LogP contribution is 2.21. The van der Waals surface area contributed by atoms with E-state index in [1.807, 2.05) is 0 Å². The van der Waals surface area contributed by atoms with E-state index in [0.29, 0.717) is 11.3 Å². The van der Waals surface area contributed by atoms with Crippen LogP contribution in [-0.4, -0.2) is 41.8 Å². The number of hydrogen-bond donors (Lipinski definition) is 1. The minimum Gasteiger partial charge on any atom is -0.465 e. The number of esters is 1. The molecular weight excluding hydrogens is 366 g/mol. The van der Waals surface area contributed by atoms with Gasteiger partial charge in [-0.05, 0) is 17.7 Å². The Balaban J connectivity index is 2.35. The third-order valence-electron chi connectivity index (χ3n) is 4.02. The molecule has 0 bridgehead atoms. The Morgan fingerprint density at radius 1 is 1.14 bits per heavy atom. The summed E-state index contributed by atoms with van der Waals surface area (Å²) in [6.45, 7) is 1.70. The second-order valence-electron chi connectivity index (χ2n) is 6.00. The van der Waals surface area contributed by atoms with Crippen molar-refractivity contribution in [1.82, 2.24) is 4.90 Å².